The number of nitrogens with zero attached hydrogens (tertiary/aromatic N) is 1. The summed E-state index contributed by atoms with van der Waals surface area (Å²) in [6.07, 6.45) is 1.88. The molecule has 1 aromatic rings. The number of likely N-dealkylation sites (tertiary alicyclic amines) is 1. The van der Waals surface area contributed by atoms with E-state index in [-0.39, 0.29) is 12.2 Å². The Morgan fingerprint density at radius 3 is 2.89 bits per heavy atom. The highest BCUT2D eigenvalue weighted by Gasteiger charge is 2.23. The van der Waals surface area contributed by atoms with Gasteiger partial charge in [0.05, 0.1) is 0 Å². The van der Waals surface area contributed by atoms with E-state index >= 15 is 0 Å². The van der Waals surface area contributed by atoms with Gasteiger partial charge in [0, 0.05) is 25.6 Å². The Labute approximate surface area is 111 Å². The average molecular weight is 267 g/mol. The molecule has 5 heteroatoms. The van der Waals surface area contributed by atoms with Gasteiger partial charge in [-0.05, 0) is 43.0 Å². The lowest BCUT2D eigenvalue weighted by molar-refractivity contribution is -0.137. The molecule has 0 aliphatic carbocycles. The number of carboxylic acids is 1. The minimum Gasteiger partial charge on any atom is -0.508 e. The van der Waals surface area contributed by atoms with Gasteiger partial charge >= 0.3 is 5.97 Å². The Morgan fingerprint density at radius 2 is 2.21 bits per heavy atom. The molecule has 1 heterocycles. The van der Waals surface area contributed by atoms with Crippen molar-refractivity contribution >= 4 is 5.97 Å². The standard InChI is InChI=1S/C14H18FNO3/c15-12-5-11(6-13(17)7-12)9-16-4-3-10(8-16)1-2-14(18)19/h5-7,10,17H,1-4,8-9H2,(H,18,19). The molecule has 1 fully saturated rings. The first-order chi connectivity index (χ1) is 9.02. The summed E-state index contributed by atoms with van der Waals surface area (Å²) in [5.41, 5.74) is 0.747. The molecule has 2 N–H and O–H groups in total. The number of rotatable bonds is 5. The van der Waals surface area contributed by atoms with E-state index in [1.165, 1.54) is 6.07 Å². The predicted octanol–water partition coefficient (Wildman–Crippen LogP) is 2.22. The number of hydrogen-bond acceptors (Lipinski definition) is 3. The van der Waals surface area contributed by atoms with Crippen molar-refractivity contribution in [3.05, 3.63) is 29.6 Å². The predicted molar refractivity (Wildman–Crippen MR) is 68.3 cm³/mol. The zero-order valence-corrected chi connectivity index (χ0v) is 10.7. The van der Waals surface area contributed by atoms with Crippen LogP contribution in [-0.2, 0) is 11.3 Å². The maximum atomic E-state index is 13.1. The fraction of sp³-hybridized carbons (Fsp3) is 0.500. The van der Waals surface area contributed by atoms with Crippen LogP contribution in [0.1, 0.15) is 24.8 Å². The number of carbonyl (C=O) groups is 1. The summed E-state index contributed by atoms with van der Waals surface area (Å²) in [6.45, 7) is 2.32. The third-order valence-electron chi connectivity index (χ3n) is 3.48. The molecule has 1 aliphatic heterocycles. The molecule has 0 spiro atoms. The minimum atomic E-state index is -0.756. The van der Waals surface area contributed by atoms with Gasteiger partial charge in [-0.15, -0.1) is 0 Å². The lowest BCUT2D eigenvalue weighted by atomic mass is 10.0. The fourth-order valence-electron chi connectivity index (χ4n) is 2.60. The monoisotopic (exact) mass is 267 g/mol. The van der Waals surface area contributed by atoms with Gasteiger partial charge in [-0.2, -0.15) is 0 Å². The molecule has 104 valence electrons. The summed E-state index contributed by atoms with van der Waals surface area (Å²) < 4.78 is 13.1. The Morgan fingerprint density at radius 1 is 1.42 bits per heavy atom. The molecule has 1 atom stereocenters. The molecule has 1 aliphatic rings. The SMILES string of the molecule is O=C(O)CCC1CCN(Cc2cc(O)cc(F)c2)C1. The number of phenols is 1. The number of aliphatic carboxylic acids is 1. The van der Waals surface area contributed by atoms with Crippen molar-refractivity contribution in [2.75, 3.05) is 13.1 Å². The summed E-state index contributed by atoms with van der Waals surface area (Å²) >= 11 is 0. The highest BCUT2D eigenvalue weighted by molar-refractivity contribution is 5.66. The van der Waals surface area contributed by atoms with E-state index in [2.05, 4.69) is 4.90 Å². The van der Waals surface area contributed by atoms with E-state index in [0.29, 0.717) is 18.9 Å². The smallest absolute Gasteiger partial charge is 0.303 e. The Kier molecular flexibility index (Phi) is 4.37. The first-order valence-corrected chi connectivity index (χ1v) is 6.45. The molecule has 0 saturated carbocycles. The van der Waals surface area contributed by atoms with E-state index < -0.39 is 11.8 Å². The summed E-state index contributed by atoms with van der Waals surface area (Å²) in [5, 5.41) is 18.0. The quantitative estimate of drug-likeness (QED) is 0.858. The largest absolute Gasteiger partial charge is 0.508 e. The zero-order chi connectivity index (χ0) is 13.8. The van der Waals surface area contributed by atoms with Gasteiger partial charge in [-0.25, -0.2) is 4.39 Å². The molecular formula is C14H18FNO3. The van der Waals surface area contributed by atoms with E-state index in [1.54, 1.807) is 6.07 Å². The summed E-state index contributed by atoms with van der Waals surface area (Å²) in [6, 6.07) is 4.07. The second-order valence-electron chi connectivity index (χ2n) is 5.14. The normalized spacial score (nSPS) is 19.7. The number of halogens is 1. The van der Waals surface area contributed by atoms with Crippen LogP contribution < -0.4 is 0 Å². The van der Waals surface area contributed by atoms with Gasteiger partial charge < -0.3 is 10.2 Å². The van der Waals surface area contributed by atoms with Crippen LogP contribution in [0.5, 0.6) is 5.75 Å². The van der Waals surface area contributed by atoms with Crippen LogP contribution in [-0.4, -0.2) is 34.2 Å². The van der Waals surface area contributed by atoms with Crippen LogP contribution in [0.15, 0.2) is 18.2 Å². The Hall–Kier alpha value is -1.62. The average Bonchev–Trinajstić information content (AvgIpc) is 2.72. The van der Waals surface area contributed by atoms with Crippen LogP contribution in [0.25, 0.3) is 0 Å². The highest BCUT2D eigenvalue weighted by Crippen LogP contribution is 2.24. The molecule has 0 radical (unpaired) electrons. The maximum absolute atomic E-state index is 13.1. The summed E-state index contributed by atoms with van der Waals surface area (Å²) in [7, 11) is 0. The zero-order valence-electron chi connectivity index (χ0n) is 10.7. The molecule has 4 nitrogen and oxygen atoms in total. The van der Waals surface area contributed by atoms with Crippen LogP contribution >= 0.6 is 0 Å². The van der Waals surface area contributed by atoms with Gasteiger partial charge in [0.15, 0.2) is 0 Å². The summed E-state index contributed by atoms with van der Waals surface area (Å²) in [5.74, 6) is -0.847. The van der Waals surface area contributed by atoms with E-state index in [9.17, 15) is 14.3 Å². The van der Waals surface area contributed by atoms with Gasteiger partial charge in [-0.1, -0.05) is 0 Å². The van der Waals surface area contributed by atoms with E-state index in [1.807, 2.05) is 0 Å². The number of aromatic hydroxyl groups is 1. The maximum Gasteiger partial charge on any atom is 0.303 e. The highest BCUT2D eigenvalue weighted by atomic mass is 19.1. The second-order valence-corrected chi connectivity index (χ2v) is 5.14. The first kappa shape index (κ1) is 13.8. The van der Waals surface area contributed by atoms with Gasteiger partial charge in [0.1, 0.15) is 11.6 Å². The van der Waals surface area contributed by atoms with Gasteiger partial charge in [-0.3, -0.25) is 9.69 Å². The number of phenolic OH excluding ortho intramolecular Hbond substituents is 1. The van der Waals surface area contributed by atoms with Crippen molar-refractivity contribution in [1.82, 2.24) is 4.90 Å². The van der Waals surface area contributed by atoms with E-state index in [0.717, 1.165) is 31.1 Å². The third kappa shape index (κ3) is 4.21. The van der Waals surface area contributed by atoms with E-state index in [4.69, 9.17) is 5.11 Å². The minimum absolute atomic E-state index is 0.0587. The molecule has 1 aromatic carbocycles. The Bertz CT molecular complexity index is 444. The second kappa shape index (κ2) is 6.02. The van der Waals surface area contributed by atoms with Crippen molar-refractivity contribution in [1.29, 1.82) is 0 Å². The van der Waals surface area contributed by atoms with Crippen molar-refractivity contribution in [3.63, 3.8) is 0 Å². The van der Waals surface area contributed by atoms with Crippen LogP contribution in [0, 0.1) is 11.7 Å². The molecular weight excluding hydrogens is 249 g/mol. The molecule has 0 aromatic heterocycles. The van der Waals surface area contributed by atoms with Crippen LogP contribution in [0.3, 0.4) is 0 Å². The number of hydrogen-bond donors (Lipinski definition) is 2. The topological polar surface area (TPSA) is 60.8 Å². The molecule has 1 unspecified atom stereocenters. The van der Waals surface area contributed by atoms with Gasteiger partial charge in [0.2, 0.25) is 0 Å². The van der Waals surface area contributed by atoms with Crippen LogP contribution in [0.4, 0.5) is 4.39 Å². The van der Waals surface area contributed by atoms with Crippen molar-refractivity contribution < 1.29 is 19.4 Å². The molecule has 0 bridgehead atoms. The number of benzene rings is 1. The lowest BCUT2D eigenvalue weighted by Gasteiger charge is -2.16. The van der Waals surface area contributed by atoms with Crippen molar-refractivity contribution in [2.45, 2.75) is 25.8 Å². The van der Waals surface area contributed by atoms with Crippen molar-refractivity contribution in [2.24, 2.45) is 5.92 Å². The van der Waals surface area contributed by atoms with Gasteiger partial charge in [0.25, 0.3) is 0 Å². The third-order valence-corrected chi connectivity index (χ3v) is 3.48. The first-order valence-electron chi connectivity index (χ1n) is 6.45. The molecule has 0 amide bonds. The summed E-state index contributed by atoms with van der Waals surface area (Å²) in [4.78, 5) is 12.7. The lowest BCUT2D eigenvalue weighted by Crippen LogP contribution is -2.20. The number of carboxylic acid groups (broad SMARTS) is 1. The van der Waals surface area contributed by atoms with Crippen LogP contribution in [0.2, 0.25) is 0 Å². The molecule has 2 rings (SSSR count). The molecule has 1 saturated heterocycles. The molecule has 19 heavy (non-hydrogen) atoms. The van der Waals surface area contributed by atoms with Crippen molar-refractivity contribution in [3.8, 4) is 5.75 Å². The Balaban J connectivity index is 1.86. The fourth-order valence-corrected chi connectivity index (χ4v) is 2.60.